The SMILES string of the molecule is CC(O)(COc1cccc([N+](=O)[O-])c1)C(=O)O. The first-order chi connectivity index (χ1) is 7.83. The molecule has 0 saturated heterocycles. The van der Waals surface area contributed by atoms with Crippen molar-refractivity contribution < 1.29 is 24.7 Å². The van der Waals surface area contributed by atoms with Gasteiger partial charge in [0.15, 0.2) is 5.60 Å². The Morgan fingerprint density at radius 2 is 2.24 bits per heavy atom. The molecule has 7 nitrogen and oxygen atoms in total. The van der Waals surface area contributed by atoms with Gasteiger partial charge in [0.1, 0.15) is 12.4 Å². The fourth-order valence-electron chi connectivity index (χ4n) is 0.972. The Balaban J connectivity index is 2.73. The van der Waals surface area contributed by atoms with Gasteiger partial charge < -0.3 is 14.9 Å². The Bertz CT molecular complexity index is 442. The smallest absolute Gasteiger partial charge is 0.339 e. The van der Waals surface area contributed by atoms with Gasteiger partial charge in [0.25, 0.3) is 5.69 Å². The highest BCUT2D eigenvalue weighted by atomic mass is 16.6. The van der Waals surface area contributed by atoms with Crippen LogP contribution in [0.4, 0.5) is 5.69 Å². The van der Waals surface area contributed by atoms with E-state index in [0.29, 0.717) is 0 Å². The van der Waals surface area contributed by atoms with Crippen molar-refractivity contribution in [2.75, 3.05) is 6.61 Å². The first-order valence-electron chi connectivity index (χ1n) is 4.66. The lowest BCUT2D eigenvalue weighted by atomic mass is 10.1. The van der Waals surface area contributed by atoms with E-state index in [1.165, 1.54) is 18.2 Å². The minimum absolute atomic E-state index is 0.126. The van der Waals surface area contributed by atoms with Crippen molar-refractivity contribution in [2.45, 2.75) is 12.5 Å². The van der Waals surface area contributed by atoms with Crippen molar-refractivity contribution in [1.29, 1.82) is 0 Å². The van der Waals surface area contributed by atoms with E-state index in [-0.39, 0.29) is 11.4 Å². The van der Waals surface area contributed by atoms with E-state index < -0.39 is 23.1 Å². The number of carbonyl (C=O) groups is 1. The molecular formula is C10H11NO6. The van der Waals surface area contributed by atoms with Gasteiger partial charge in [0, 0.05) is 6.07 Å². The largest absolute Gasteiger partial charge is 0.490 e. The van der Waals surface area contributed by atoms with Gasteiger partial charge in [-0.05, 0) is 13.0 Å². The molecule has 0 radical (unpaired) electrons. The Morgan fingerprint density at radius 3 is 2.76 bits per heavy atom. The number of aliphatic carboxylic acids is 1. The summed E-state index contributed by atoms with van der Waals surface area (Å²) in [6.07, 6.45) is 0. The average Bonchev–Trinajstić information content (AvgIpc) is 2.26. The van der Waals surface area contributed by atoms with E-state index in [2.05, 4.69) is 0 Å². The van der Waals surface area contributed by atoms with Gasteiger partial charge in [0.2, 0.25) is 0 Å². The molecule has 0 spiro atoms. The van der Waals surface area contributed by atoms with Crippen LogP contribution in [0.1, 0.15) is 6.92 Å². The van der Waals surface area contributed by atoms with Crippen LogP contribution in [0.2, 0.25) is 0 Å². The molecule has 7 heteroatoms. The molecule has 0 aliphatic carbocycles. The Hall–Kier alpha value is -2.15. The van der Waals surface area contributed by atoms with Crippen LogP contribution in [0.25, 0.3) is 0 Å². The van der Waals surface area contributed by atoms with Crippen molar-refractivity contribution in [3.05, 3.63) is 34.4 Å². The number of nitrogens with zero attached hydrogens (tertiary/aromatic N) is 1. The first-order valence-corrected chi connectivity index (χ1v) is 4.66. The quantitative estimate of drug-likeness (QED) is 0.583. The lowest BCUT2D eigenvalue weighted by Crippen LogP contribution is -2.41. The maximum atomic E-state index is 10.6. The van der Waals surface area contributed by atoms with Gasteiger partial charge in [-0.2, -0.15) is 0 Å². The monoisotopic (exact) mass is 241 g/mol. The van der Waals surface area contributed by atoms with Gasteiger partial charge >= 0.3 is 5.97 Å². The number of rotatable bonds is 5. The zero-order chi connectivity index (χ0) is 13.1. The van der Waals surface area contributed by atoms with Gasteiger partial charge in [-0.1, -0.05) is 6.07 Å². The molecule has 1 atom stereocenters. The number of nitro groups is 1. The van der Waals surface area contributed by atoms with E-state index in [1.807, 2.05) is 0 Å². The molecule has 0 fully saturated rings. The topological polar surface area (TPSA) is 110 Å². The number of non-ortho nitro benzene ring substituents is 1. The summed E-state index contributed by atoms with van der Waals surface area (Å²) >= 11 is 0. The fourth-order valence-corrected chi connectivity index (χ4v) is 0.972. The van der Waals surface area contributed by atoms with Crippen molar-refractivity contribution in [1.82, 2.24) is 0 Å². The summed E-state index contributed by atoms with van der Waals surface area (Å²) < 4.78 is 4.99. The molecule has 1 aromatic rings. The highest BCUT2D eigenvalue weighted by Crippen LogP contribution is 2.20. The molecule has 0 heterocycles. The minimum Gasteiger partial charge on any atom is -0.490 e. The zero-order valence-electron chi connectivity index (χ0n) is 8.99. The fraction of sp³-hybridized carbons (Fsp3) is 0.300. The normalized spacial score (nSPS) is 13.8. The van der Waals surface area contributed by atoms with Gasteiger partial charge in [0.05, 0.1) is 11.0 Å². The Labute approximate surface area is 96.4 Å². The molecule has 0 aliphatic rings. The number of carboxylic acids is 1. The van der Waals surface area contributed by atoms with E-state index in [4.69, 9.17) is 9.84 Å². The van der Waals surface area contributed by atoms with Crippen LogP contribution in [0.3, 0.4) is 0 Å². The molecule has 1 rings (SSSR count). The summed E-state index contributed by atoms with van der Waals surface area (Å²) in [5.41, 5.74) is -2.21. The van der Waals surface area contributed by atoms with Crippen LogP contribution in [-0.2, 0) is 4.79 Å². The molecule has 1 aromatic carbocycles. The molecule has 2 N–H and O–H groups in total. The molecule has 0 amide bonds. The summed E-state index contributed by atoms with van der Waals surface area (Å²) in [5, 5.41) is 28.5. The second kappa shape index (κ2) is 4.79. The molecule has 17 heavy (non-hydrogen) atoms. The van der Waals surface area contributed by atoms with Crippen LogP contribution in [-0.4, -0.2) is 33.3 Å². The van der Waals surface area contributed by atoms with Crippen LogP contribution >= 0.6 is 0 Å². The maximum Gasteiger partial charge on any atom is 0.339 e. The van der Waals surface area contributed by atoms with Gasteiger partial charge in [-0.15, -0.1) is 0 Å². The summed E-state index contributed by atoms with van der Waals surface area (Å²) in [7, 11) is 0. The second-order valence-corrected chi connectivity index (χ2v) is 3.62. The standard InChI is InChI=1S/C10H11NO6/c1-10(14,9(12)13)6-17-8-4-2-3-7(5-8)11(15)16/h2-5,14H,6H2,1H3,(H,12,13). The molecule has 0 aromatic heterocycles. The van der Waals surface area contributed by atoms with Gasteiger partial charge in [-0.25, -0.2) is 4.79 Å². The number of ether oxygens (including phenoxy) is 1. The summed E-state index contributed by atoms with van der Waals surface area (Å²) in [6, 6.07) is 5.27. The minimum atomic E-state index is -2.04. The third-order valence-electron chi connectivity index (χ3n) is 2.01. The Kier molecular flexibility index (Phi) is 3.64. The predicted octanol–water partition coefficient (Wildman–Crippen LogP) is 0.809. The highest BCUT2D eigenvalue weighted by Gasteiger charge is 2.31. The number of nitro benzene ring substituents is 1. The van der Waals surface area contributed by atoms with Crippen LogP contribution in [0, 0.1) is 10.1 Å². The lowest BCUT2D eigenvalue weighted by molar-refractivity contribution is -0.384. The van der Waals surface area contributed by atoms with Crippen LogP contribution in [0.5, 0.6) is 5.75 Å². The van der Waals surface area contributed by atoms with E-state index >= 15 is 0 Å². The number of hydrogen-bond donors (Lipinski definition) is 2. The van der Waals surface area contributed by atoms with E-state index in [1.54, 1.807) is 0 Å². The number of aliphatic hydroxyl groups is 1. The van der Waals surface area contributed by atoms with Crippen LogP contribution in [0.15, 0.2) is 24.3 Å². The molecule has 0 saturated carbocycles. The summed E-state index contributed by atoms with van der Waals surface area (Å²) in [5.74, 6) is -1.30. The first kappa shape index (κ1) is 12.9. The van der Waals surface area contributed by atoms with E-state index in [9.17, 15) is 20.0 Å². The van der Waals surface area contributed by atoms with Crippen LogP contribution < -0.4 is 4.74 Å². The maximum absolute atomic E-state index is 10.6. The predicted molar refractivity (Wildman–Crippen MR) is 56.9 cm³/mol. The van der Waals surface area contributed by atoms with Crippen molar-refractivity contribution in [2.24, 2.45) is 0 Å². The van der Waals surface area contributed by atoms with E-state index in [0.717, 1.165) is 13.0 Å². The Morgan fingerprint density at radius 1 is 1.59 bits per heavy atom. The average molecular weight is 241 g/mol. The zero-order valence-corrected chi connectivity index (χ0v) is 8.99. The number of benzene rings is 1. The number of carboxylic acid groups (broad SMARTS) is 1. The van der Waals surface area contributed by atoms with Gasteiger partial charge in [-0.3, -0.25) is 10.1 Å². The lowest BCUT2D eigenvalue weighted by Gasteiger charge is -2.18. The van der Waals surface area contributed by atoms with Crippen molar-refractivity contribution in [3.63, 3.8) is 0 Å². The molecule has 1 unspecified atom stereocenters. The molecule has 92 valence electrons. The van der Waals surface area contributed by atoms with Crippen molar-refractivity contribution >= 4 is 11.7 Å². The number of hydrogen-bond acceptors (Lipinski definition) is 5. The summed E-state index contributed by atoms with van der Waals surface area (Å²) in [4.78, 5) is 20.5. The summed E-state index contributed by atoms with van der Waals surface area (Å²) in [6.45, 7) is 0.580. The third-order valence-corrected chi connectivity index (χ3v) is 2.01. The second-order valence-electron chi connectivity index (χ2n) is 3.62. The third kappa shape index (κ3) is 3.42. The molecular weight excluding hydrogens is 230 g/mol. The molecule has 0 aliphatic heterocycles. The van der Waals surface area contributed by atoms with Crippen molar-refractivity contribution in [3.8, 4) is 5.75 Å². The molecule has 0 bridgehead atoms. The highest BCUT2D eigenvalue weighted by molar-refractivity contribution is 5.76.